The van der Waals surface area contributed by atoms with Crippen molar-refractivity contribution in [2.45, 2.75) is 39.7 Å². The first kappa shape index (κ1) is 14.2. The number of rotatable bonds is 6. The van der Waals surface area contributed by atoms with Gasteiger partial charge < -0.3 is 5.32 Å². The predicted octanol–water partition coefficient (Wildman–Crippen LogP) is 3.50. The lowest BCUT2D eigenvalue weighted by molar-refractivity contribution is 0.630. The molecule has 1 heterocycles. The molecule has 0 fully saturated rings. The molecule has 1 aromatic carbocycles. The van der Waals surface area contributed by atoms with Gasteiger partial charge in [0.1, 0.15) is 0 Å². The van der Waals surface area contributed by atoms with Crippen LogP contribution in [0.3, 0.4) is 0 Å². The molecule has 102 valence electrons. The molecule has 19 heavy (non-hydrogen) atoms. The fraction of sp³-hybridized carbons (Fsp3) is 0.467. The Morgan fingerprint density at radius 1 is 1.21 bits per heavy atom. The number of hydrogen-bond acceptors (Lipinski definition) is 4. The molecule has 3 nitrogen and oxygen atoms in total. The third-order valence-corrected chi connectivity index (χ3v) is 3.98. The highest BCUT2D eigenvalue weighted by Gasteiger charge is 2.19. The molecule has 0 saturated heterocycles. The summed E-state index contributed by atoms with van der Waals surface area (Å²) in [7, 11) is 0. The molecular weight excluding hydrogens is 254 g/mol. The van der Waals surface area contributed by atoms with Gasteiger partial charge in [-0.25, -0.2) is 0 Å². The van der Waals surface area contributed by atoms with Crippen LogP contribution in [-0.4, -0.2) is 16.1 Å². The Hall–Kier alpha value is -1.26. The molecule has 2 rings (SSSR count). The minimum atomic E-state index is 0.215. The van der Waals surface area contributed by atoms with Crippen molar-refractivity contribution < 1.29 is 0 Å². The molecule has 0 spiro atoms. The predicted molar refractivity (Wildman–Crippen MR) is 80.6 cm³/mol. The van der Waals surface area contributed by atoms with E-state index in [1.807, 2.05) is 0 Å². The zero-order valence-electron chi connectivity index (χ0n) is 11.8. The van der Waals surface area contributed by atoms with Gasteiger partial charge in [0.2, 0.25) is 0 Å². The maximum Gasteiger partial charge on any atom is 0.0807 e. The van der Waals surface area contributed by atoms with Crippen LogP contribution in [0.5, 0.6) is 0 Å². The molecule has 0 aliphatic heterocycles. The summed E-state index contributed by atoms with van der Waals surface area (Å²) in [6, 6.07) is 8.92. The maximum absolute atomic E-state index is 4.28. The fourth-order valence-corrected chi connectivity index (χ4v) is 2.97. The van der Waals surface area contributed by atoms with Gasteiger partial charge in [0.15, 0.2) is 0 Å². The lowest BCUT2D eigenvalue weighted by Crippen LogP contribution is -2.22. The molecule has 0 bridgehead atoms. The van der Waals surface area contributed by atoms with Crippen molar-refractivity contribution in [3.05, 3.63) is 46.0 Å². The van der Waals surface area contributed by atoms with Crippen LogP contribution in [0.1, 0.15) is 48.0 Å². The maximum atomic E-state index is 4.28. The lowest BCUT2D eigenvalue weighted by atomic mass is 10.0. The lowest BCUT2D eigenvalue weighted by Gasteiger charge is -2.17. The van der Waals surface area contributed by atoms with Crippen LogP contribution in [0.25, 0.3) is 0 Å². The summed E-state index contributed by atoms with van der Waals surface area (Å²) >= 11 is 1.51. The Balaban J connectivity index is 2.33. The zero-order valence-corrected chi connectivity index (χ0v) is 12.6. The third-order valence-electron chi connectivity index (χ3n) is 3.15. The summed E-state index contributed by atoms with van der Waals surface area (Å²) in [5, 5.41) is 7.83. The van der Waals surface area contributed by atoms with E-state index in [4.69, 9.17) is 0 Å². The standard InChI is InChI=1S/C15H21N3S/c1-4-6-13-15(19-18-17-13)14(16-5-2)12-9-7-11(3)8-10-12/h7-10,14,16H,4-6H2,1-3H3. The second-order valence-corrected chi connectivity index (χ2v) is 5.52. The van der Waals surface area contributed by atoms with Crippen molar-refractivity contribution in [1.82, 2.24) is 14.9 Å². The van der Waals surface area contributed by atoms with Gasteiger partial charge in [-0.15, -0.1) is 5.10 Å². The van der Waals surface area contributed by atoms with E-state index >= 15 is 0 Å². The van der Waals surface area contributed by atoms with Crippen LogP contribution in [-0.2, 0) is 6.42 Å². The Morgan fingerprint density at radius 2 is 1.95 bits per heavy atom. The topological polar surface area (TPSA) is 37.8 Å². The summed E-state index contributed by atoms with van der Waals surface area (Å²) in [6.45, 7) is 7.36. The van der Waals surface area contributed by atoms with Crippen molar-refractivity contribution in [3.63, 3.8) is 0 Å². The van der Waals surface area contributed by atoms with E-state index in [-0.39, 0.29) is 6.04 Å². The second-order valence-electron chi connectivity index (χ2n) is 4.74. The minimum Gasteiger partial charge on any atom is -0.306 e. The van der Waals surface area contributed by atoms with Crippen LogP contribution in [0.4, 0.5) is 0 Å². The largest absolute Gasteiger partial charge is 0.306 e. The van der Waals surface area contributed by atoms with Gasteiger partial charge in [0.25, 0.3) is 0 Å². The van der Waals surface area contributed by atoms with Crippen LogP contribution in [0.15, 0.2) is 24.3 Å². The number of hydrogen-bond donors (Lipinski definition) is 1. The van der Waals surface area contributed by atoms with E-state index in [0.29, 0.717) is 0 Å². The molecule has 0 amide bonds. The number of nitrogens with one attached hydrogen (secondary N) is 1. The first-order valence-electron chi connectivity index (χ1n) is 6.87. The monoisotopic (exact) mass is 275 g/mol. The van der Waals surface area contributed by atoms with Gasteiger partial charge in [-0.1, -0.05) is 54.6 Å². The van der Waals surface area contributed by atoms with Crippen LogP contribution >= 0.6 is 11.5 Å². The molecule has 4 heteroatoms. The van der Waals surface area contributed by atoms with Gasteiger partial charge in [-0.3, -0.25) is 0 Å². The molecule has 0 aliphatic carbocycles. The average Bonchev–Trinajstić information content (AvgIpc) is 2.86. The van der Waals surface area contributed by atoms with E-state index in [0.717, 1.165) is 25.1 Å². The summed E-state index contributed by atoms with van der Waals surface area (Å²) in [5.74, 6) is 0. The van der Waals surface area contributed by atoms with Crippen molar-refractivity contribution in [2.24, 2.45) is 0 Å². The normalized spacial score (nSPS) is 12.6. The molecule has 1 N–H and O–H groups in total. The number of benzene rings is 1. The Bertz CT molecular complexity index is 504. The Morgan fingerprint density at radius 3 is 2.58 bits per heavy atom. The highest BCUT2D eigenvalue weighted by molar-refractivity contribution is 7.05. The summed E-state index contributed by atoms with van der Waals surface area (Å²) in [4.78, 5) is 1.26. The molecule has 0 aliphatic rings. The van der Waals surface area contributed by atoms with Gasteiger partial charge in [0, 0.05) is 0 Å². The van der Waals surface area contributed by atoms with Crippen LogP contribution in [0, 0.1) is 6.92 Å². The molecule has 1 atom stereocenters. The highest BCUT2D eigenvalue weighted by Crippen LogP contribution is 2.28. The third kappa shape index (κ3) is 3.39. The first-order valence-corrected chi connectivity index (χ1v) is 7.64. The van der Waals surface area contributed by atoms with Crippen LogP contribution in [0.2, 0.25) is 0 Å². The van der Waals surface area contributed by atoms with Gasteiger partial charge in [-0.05, 0) is 37.0 Å². The Kier molecular flexibility index (Phi) is 5.05. The summed E-state index contributed by atoms with van der Waals surface area (Å²) in [5.41, 5.74) is 3.71. The van der Waals surface area contributed by atoms with Crippen LogP contribution < -0.4 is 5.32 Å². The summed E-state index contributed by atoms with van der Waals surface area (Å²) < 4.78 is 4.14. The zero-order chi connectivity index (χ0) is 13.7. The Labute approximate surface area is 119 Å². The number of nitrogens with zero attached hydrogens (tertiary/aromatic N) is 2. The first-order chi connectivity index (χ1) is 9.26. The van der Waals surface area contributed by atoms with Crippen molar-refractivity contribution in [2.75, 3.05) is 6.54 Å². The van der Waals surface area contributed by atoms with Gasteiger partial charge >= 0.3 is 0 Å². The molecule has 0 saturated carbocycles. The second kappa shape index (κ2) is 6.78. The van der Waals surface area contributed by atoms with Crippen molar-refractivity contribution in [1.29, 1.82) is 0 Å². The average molecular weight is 275 g/mol. The smallest absolute Gasteiger partial charge is 0.0807 e. The SMILES string of the molecule is CCCc1nnsc1C(NCC)c1ccc(C)cc1. The fourth-order valence-electron chi connectivity index (χ4n) is 2.17. The molecule has 1 unspecified atom stereocenters. The summed E-state index contributed by atoms with van der Waals surface area (Å²) in [6.07, 6.45) is 2.10. The number of aryl methyl sites for hydroxylation is 2. The van der Waals surface area contributed by atoms with E-state index in [1.165, 1.54) is 27.5 Å². The van der Waals surface area contributed by atoms with E-state index in [9.17, 15) is 0 Å². The molecule has 0 radical (unpaired) electrons. The minimum absolute atomic E-state index is 0.215. The molecule has 1 aromatic heterocycles. The molecule has 2 aromatic rings. The quantitative estimate of drug-likeness (QED) is 0.877. The van der Waals surface area contributed by atoms with Gasteiger partial charge in [-0.2, -0.15) is 0 Å². The molecular formula is C15H21N3S. The van der Waals surface area contributed by atoms with Crippen molar-refractivity contribution in [3.8, 4) is 0 Å². The number of aromatic nitrogens is 2. The van der Waals surface area contributed by atoms with E-state index in [1.54, 1.807) is 0 Å². The van der Waals surface area contributed by atoms with Crippen molar-refractivity contribution >= 4 is 11.5 Å². The van der Waals surface area contributed by atoms with E-state index in [2.05, 4.69) is 59.9 Å². The van der Waals surface area contributed by atoms with Gasteiger partial charge in [0.05, 0.1) is 16.6 Å². The highest BCUT2D eigenvalue weighted by atomic mass is 32.1. The van der Waals surface area contributed by atoms with E-state index < -0.39 is 0 Å².